The maximum atomic E-state index is 11.9. The zero-order chi connectivity index (χ0) is 25.0. The molecule has 3 atom stereocenters. The van der Waals surface area contributed by atoms with E-state index in [2.05, 4.69) is 46.1 Å². The number of likely N-dealkylation sites (tertiary alicyclic amines) is 1. The van der Waals surface area contributed by atoms with Gasteiger partial charge >= 0.3 is 5.97 Å². The van der Waals surface area contributed by atoms with Crippen LogP contribution >= 0.6 is 0 Å². The van der Waals surface area contributed by atoms with E-state index < -0.39 is 12.1 Å². The molecule has 2 N–H and O–H groups in total. The molecule has 4 aromatic rings. The predicted octanol–water partition coefficient (Wildman–Crippen LogP) is 3.77. The van der Waals surface area contributed by atoms with Crippen molar-refractivity contribution in [2.24, 2.45) is 0 Å². The fraction of sp³-hybridized carbons (Fsp3) is 0.321. The quantitative estimate of drug-likeness (QED) is 0.446. The van der Waals surface area contributed by atoms with Crippen LogP contribution in [-0.2, 0) is 4.79 Å². The van der Waals surface area contributed by atoms with Crippen molar-refractivity contribution < 1.29 is 15.0 Å². The molecule has 2 bridgehead atoms. The summed E-state index contributed by atoms with van der Waals surface area (Å²) in [5.41, 5.74) is 5.39. The van der Waals surface area contributed by atoms with Gasteiger partial charge in [-0.05, 0) is 44.0 Å². The molecule has 3 unspecified atom stereocenters. The van der Waals surface area contributed by atoms with Gasteiger partial charge in [0.15, 0.2) is 11.8 Å². The molecule has 2 aliphatic heterocycles. The number of anilines is 1. The zero-order valence-corrected chi connectivity index (χ0v) is 20.4. The van der Waals surface area contributed by atoms with Crippen LogP contribution in [0.15, 0.2) is 60.7 Å². The molecule has 2 aromatic heterocycles. The third-order valence-corrected chi connectivity index (χ3v) is 7.49. The molecule has 6 rings (SSSR count). The van der Waals surface area contributed by atoms with Crippen molar-refractivity contribution in [1.29, 1.82) is 0 Å². The number of aliphatic carboxylic acids is 1. The summed E-state index contributed by atoms with van der Waals surface area (Å²) in [5.74, 6) is -0.636. The van der Waals surface area contributed by atoms with Crippen LogP contribution in [-0.4, -0.2) is 67.9 Å². The molecule has 2 fully saturated rings. The van der Waals surface area contributed by atoms with Gasteiger partial charge < -0.3 is 20.0 Å². The Labute approximate surface area is 209 Å². The van der Waals surface area contributed by atoms with Crippen molar-refractivity contribution in [3.63, 3.8) is 0 Å². The second kappa shape index (κ2) is 8.72. The average Bonchev–Trinajstić information content (AvgIpc) is 3.41. The summed E-state index contributed by atoms with van der Waals surface area (Å²) < 4.78 is 1.75. The minimum Gasteiger partial charge on any atom is -0.479 e. The number of aliphatic hydroxyl groups excluding tert-OH is 1. The molecular weight excluding hydrogens is 454 g/mol. The monoisotopic (exact) mass is 483 g/mol. The standard InChI is InChI=1S/C28H29N5O3/c1-17-25(26(34)28(35)36)27(32-21-11-12-22(32)16-31(2)15-21)33-24(29-17)14-23(30-33)20-10-6-9-19(13-20)18-7-4-3-5-8-18/h3-10,13-14,21-22,26,34H,11-12,15-16H2,1-2H3,(H,35,36). The van der Waals surface area contributed by atoms with Crippen molar-refractivity contribution >= 4 is 17.4 Å². The number of aryl methyl sites for hydroxylation is 1. The van der Waals surface area contributed by atoms with Crippen molar-refractivity contribution in [3.05, 3.63) is 71.9 Å². The molecule has 0 radical (unpaired) electrons. The van der Waals surface area contributed by atoms with E-state index in [1.54, 1.807) is 11.4 Å². The largest absolute Gasteiger partial charge is 0.479 e. The summed E-state index contributed by atoms with van der Waals surface area (Å²) in [7, 11) is 2.12. The van der Waals surface area contributed by atoms with Crippen molar-refractivity contribution in [2.45, 2.75) is 38.0 Å². The van der Waals surface area contributed by atoms with Crippen molar-refractivity contribution in [2.75, 3.05) is 25.0 Å². The van der Waals surface area contributed by atoms with E-state index in [0.29, 0.717) is 22.7 Å². The molecule has 36 heavy (non-hydrogen) atoms. The third-order valence-electron chi connectivity index (χ3n) is 7.49. The molecule has 0 amide bonds. The highest BCUT2D eigenvalue weighted by molar-refractivity contribution is 5.79. The fourth-order valence-electron chi connectivity index (χ4n) is 5.90. The molecule has 2 saturated heterocycles. The number of carboxylic acids is 1. The molecule has 0 saturated carbocycles. The van der Waals surface area contributed by atoms with E-state index in [0.717, 1.165) is 48.3 Å². The topological polar surface area (TPSA) is 94.2 Å². The Bertz CT molecular complexity index is 1440. The summed E-state index contributed by atoms with van der Waals surface area (Å²) in [6, 6.07) is 20.8. The molecule has 8 nitrogen and oxygen atoms in total. The highest BCUT2D eigenvalue weighted by Crippen LogP contribution is 2.40. The Morgan fingerprint density at radius 3 is 2.33 bits per heavy atom. The highest BCUT2D eigenvalue weighted by atomic mass is 16.4. The lowest BCUT2D eigenvalue weighted by atomic mass is 10.0. The van der Waals surface area contributed by atoms with Gasteiger partial charge in [-0.2, -0.15) is 9.61 Å². The number of nitrogens with zero attached hydrogens (tertiary/aromatic N) is 5. The number of benzene rings is 2. The van der Waals surface area contributed by atoms with E-state index in [-0.39, 0.29) is 12.1 Å². The lowest BCUT2D eigenvalue weighted by molar-refractivity contribution is -0.147. The Kier molecular flexibility index (Phi) is 5.50. The van der Waals surface area contributed by atoms with Gasteiger partial charge in [-0.3, -0.25) is 0 Å². The van der Waals surface area contributed by atoms with Crippen LogP contribution in [0.1, 0.15) is 30.2 Å². The van der Waals surface area contributed by atoms with Crippen molar-refractivity contribution in [3.8, 4) is 22.4 Å². The predicted molar refractivity (Wildman–Crippen MR) is 138 cm³/mol. The van der Waals surface area contributed by atoms with Crippen LogP contribution in [0.2, 0.25) is 0 Å². The smallest absolute Gasteiger partial charge is 0.337 e. The number of carbonyl (C=O) groups is 1. The molecule has 0 aliphatic carbocycles. The summed E-state index contributed by atoms with van der Waals surface area (Å²) in [6.07, 6.45) is 0.367. The van der Waals surface area contributed by atoms with E-state index in [1.165, 1.54) is 0 Å². The number of piperazine rings is 1. The molecule has 4 heterocycles. The molecule has 2 aromatic carbocycles. The summed E-state index contributed by atoms with van der Waals surface area (Å²) in [4.78, 5) is 21.2. The van der Waals surface area contributed by atoms with E-state index >= 15 is 0 Å². The van der Waals surface area contributed by atoms with Crippen LogP contribution in [0.4, 0.5) is 5.82 Å². The summed E-state index contributed by atoms with van der Waals surface area (Å²) in [6.45, 7) is 3.54. The average molecular weight is 484 g/mol. The van der Waals surface area contributed by atoms with Gasteiger partial charge in [0.2, 0.25) is 0 Å². The Morgan fingerprint density at radius 2 is 1.64 bits per heavy atom. The molecular formula is C28H29N5O3. The first-order valence-corrected chi connectivity index (χ1v) is 12.3. The fourth-order valence-corrected chi connectivity index (χ4v) is 5.90. The van der Waals surface area contributed by atoms with Gasteiger partial charge in [0.1, 0.15) is 5.82 Å². The first-order chi connectivity index (χ1) is 17.4. The first-order valence-electron chi connectivity index (χ1n) is 12.3. The lowest BCUT2D eigenvalue weighted by Crippen LogP contribution is -2.53. The van der Waals surface area contributed by atoms with Gasteiger partial charge in [-0.15, -0.1) is 0 Å². The SMILES string of the molecule is Cc1nc2cc(-c3cccc(-c4ccccc4)c3)nn2c(N2C3CCC2CN(C)C3)c1C(O)C(=O)O. The van der Waals surface area contributed by atoms with Crippen molar-refractivity contribution in [1.82, 2.24) is 19.5 Å². The molecule has 0 spiro atoms. The van der Waals surface area contributed by atoms with Crippen LogP contribution in [0.3, 0.4) is 0 Å². The number of likely N-dealkylation sites (N-methyl/N-ethyl adjacent to an activating group) is 1. The first kappa shape index (κ1) is 22.7. The second-order valence-electron chi connectivity index (χ2n) is 9.94. The number of aromatic nitrogens is 3. The van der Waals surface area contributed by atoms with Gasteiger partial charge in [0, 0.05) is 42.5 Å². The van der Waals surface area contributed by atoms with Crippen LogP contribution in [0.25, 0.3) is 28.0 Å². The number of carboxylic acid groups (broad SMARTS) is 1. The van der Waals surface area contributed by atoms with E-state index in [4.69, 9.17) is 5.10 Å². The summed E-state index contributed by atoms with van der Waals surface area (Å²) in [5, 5.41) is 25.4. The molecule has 184 valence electrons. The molecule has 2 aliphatic rings. The van der Waals surface area contributed by atoms with Crippen LogP contribution in [0.5, 0.6) is 0 Å². The van der Waals surface area contributed by atoms with Gasteiger partial charge in [0.25, 0.3) is 0 Å². The number of hydrogen-bond donors (Lipinski definition) is 2. The zero-order valence-electron chi connectivity index (χ0n) is 20.4. The number of fused-ring (bicyclic) bond motifs is 3. The van der Waals surface area contributed by atoms with Gasteiger partial charge in [-0.25, -0.2) is 9.78 Å². The molecule has 8 heteroatoms. The summed E-state index contributed by atoms with van der Waals surface area (Å²) >= 11 is 0. The maximum absolute atomic E-state index is 11.9. The Morgan fingerprint density at radius 1 is 0.972 bits per heavy atom. The number of rotatable bonds is 5. The minimum atomic E-state index is -1.68. The van der Waals surface area contributed by atoms with Crippen LogP contribution < -0.4 is 4.90 Å². The van der Waals surface area contributed by atoms with Crippen LogP contribution in [0, 0.1) is 6.92 Å². The van der Waals surface area contributed by atoms with E-state index in [9.17, 15) is 15.0 Å². The minimum absolute atomic E-state index is 0.229. The lowest BCUT2D eigenvalue weighted by Gasteiger charge is -2.42. The van der Waals surface area contributed by atoms with Gasteiger partial charge in [-0.1, -0.05) is 48.5 Å². The highest BCUT2D eigenvalue weighted by Gasteiger charge is 2.42. The second-order valence-corrected chi connectivity index (χ2v) is 9.94. The van der Waals surface area contributed by atoms with E-state index in [1.807, 2.05) is 36.4 Å². The normalized spacial score (nSPS) is 20.7. The Balaban J connectivity index is 1.53. The third kappa shape index (κ3) is 3.73. The maximum Gasteiger partial charge on any atom is 0.337 e. The Hall–Kier alpha value is -3.75. The van der Waals surface area contributed by atoms with Gasteiger partial charge in [0.05, 0.1) is 11.3 Å². The number of aliphatic hydroxyl groups is 1. The number of hydrogen-bond acceptors (Lipinski definition) is 6.